The number of hydrogen-bond donors (Lipinski definition) is 1. The molecule has 0 aliphatic carbocycles. The van der Waals surface area contributed by atoms with Crippen molar-refractivity contribution in [3.63, 3.8) is 0 Å². The standard InChI is InChI=1S/C16H23NO3/c1-19-14-7-3-6-13(16(14)20-2)15(18)11-9-12-5-4-8-17(12)10-11/h3,6-7,11-12,15,18H,4-5,8-10H2,1-2H3. The largest absolute Gasteiger partial charge is 0.493 e. The maximum absolute atomic E-state index is 10.7. The number of hydrogen-bond acceptors (Lipinski definition) is 4. The van der Waals surface area contributed by atoms with Crippen LogP contribution < -0.4 is 9.47 Å². The number of aliphatic hydroxyl groups is 1. The van der Waals surface area contributed by atoms with Crippen molar-refractivity contribution in [1.82, 2.24) is 4.90 Å². The van der Waals surface area contributed by atoms with Gasteiger partial charge >= 0.3 is 0 Å². The molecule has 0 aromatic heterocycles. The normalized spacial score (nSPS) is 27.4. The van der Waals surface area contributed by atoms with Crippen molar-refractivity contribution in [3.8, 4) is 11.5 Å². The Bertz CT molecular complexity index is 465. The highest BCUT2D eigenvalue weighted by Gasteiger charge is 2.39. The van der Waals surface area contributed by atoms with Crippen LogP contribution in [0.5, 0.6) is 11.5 Å². The van der Waals surface area contributed by atoms with E-state index in [0.29, 0.717) is 23.5 Å². The van der Waals surface area contributed by atoms with Gasteiger partial charge in [-0.15, -0.1) is 0 Å². The molecule has 3 atom stereocenters. The minimum Gasteiger partial charge on any atom is -0.493 e. The van der Waals surface area contributed by atoms with Gasteiger partial charge in [-0.05, 0) is 31.9 Å². The molecule has 110 valence electrons. The summed E-state index contributed by atoms with van der Waals surface area (Å²) >= 11 is 0. The lowest BCUT2D eigenvalue weighted by atomic mass is 9.92. The summed E-state index contributed by atoms with van der Waals surface area (Å²) < 4.78 is 10.8. The minimum absolute atomic E-state index is 0.293. The molecule has 0 bridgehead atoms. The number of nitrogens with zero attached hydrogens (tertiary/aromatic N) is 1. The number of fused-ring (bicyclic) bond motifs is 1. The van der Waals surface area contributed by atoms with E-state index in [-0.39, 0.29) is 0 Å². The van der Waals surface area contributed by atoms with Crippen LogP contribution in [0.4, 0.5) is 0 Å². The lowest BCUT2D eigenvalue weighted by Gasteiger charge is -2.22. The van der Waals surface area contributed by atoms with Gasteiger partial charge in [0.15, 0.2) is 11.5 Å². The third-order valence-corrected chi connectivity index (χ3v) is 4.74. The highest BCUT2D eigenvalue weighted by atomic mass is 16.5. The predicted octanol–water partition coefficient (Wildman–Crippen LogP) is 2.22. The predicted molar refractivity (Wildman–Crippen MR) is 77.2 cm³/mol. The second-order valence-electron chi connectivity index (χ2n) is 5.81. The molecule has 0 spiro atoms. The highest BCUT2D eigenvalue weighted by molar-refractivity contribution is 5.47. The summed E-state index contributed by atoms with van der Waals surface area (Å²) in [6.45, 7) is 2.18. The summed E-state index contributed by atoms with van der Waals surface area (Å²) in [4.78, 5) is 2.51. The molecule has 1 aromatic carbocycles. The van der Waals surface area contributed by atoms with Crippen molar-refractivity contribution in [2.24, 2.45) is 5.92 Å². The van der Waals surface area contributed by atoms with Gasteiger partial charge in [0.05, 0.1) is 20.3 Å². The van der Waals surface area contributed by atoms with Crippen molar-refractivity contribution in [3.05, 3.63) is 23.8 Å². The van der Waals surface area contributed by atoms with E-state index in [9.17, 15) is 5.11 Å². The van der Waals surface area contributed by atoms with Crippen LogP contribution >= 0.6 is 0 Å². The van der Waals surface area contributed by atoms with Gasteiger partial charge < -0.3 is 14.6 Å². The third kappa shape index (κ3) is 2.27. The Morgan fingerprint density at radius 3 is 2.85 bits per heavy atom. The van der Waals surface area contributed by atoms with Gasteiger partial charge in [0.25, 0.3) is 0 Å². The Morgan fingerprint density at radius 2 is 2.15 bits per heavy atom. The summed E-state index contributed by atoms with van der Waals surface area (Å²) in [7, 11) is 3.25. The first-order valence-corrected chi connectivity index (χ1v) is 7.37. The molecule has 2 heterocycles. The molecule has 1 aromatic rings. The topological polar surface area (TPSA) is 41.9 Å². The summed E-state index contributed by atoms with van der Waals surface area (Å²) in [6.07, 6.45) is 3.18. The molecule has 3 unspecified atom stereocenters. The molecule has 4 nitrogen and oxygen atoms in total. The van der Waals surface area contributed by atoms with Gasteiger partial charge in [0.1, 0.15) is 0 Å². The lowest BCUT2D eigenvalue weighted by molar-refractivity contribution is 0.107. The number of methoxy groups -OCH3 is 2. The maximum atomic E-state index is 10.7. The maximum Gasteiger partial charge on any atom is 0.166 e. The van der Waals surface area contributed by atoms with E-state index in [1.54, 1.807) is 14.2 Å². The molecule has 2 saturated heterocycles. The second-order valence-corrected chi connectivity index (χ2v) is 5.81. The zero-order valence-corrected chi connectivity index (χ0v) is 12.2. The van der Waals surface area contributed by atoms with Crippen LogP contribution in [-0.4, -0.2) is 43.4 Å². The molecule has 20 heavy (non-hydrogen) atoms. The van der Waals surface area contributed by atoms with Crippen molar-refractivity contribution in [1.29, 1.82) is 0 Å². The van der Waals surface area contributed by atoms with Gasteiger partial charge in [-0.1, -0.05) is 12.1 Å². The molecule has 4 heteroatoms. The van der Waals surface area contributed by atoms with Crippen LogP contribution in [0.1, 0.15) is 30.9 Å². The van der Waals surface area contributed by atoms with Gasteiger partial charge in [0, 0.05) is 24.1 Å². The second kappa shape index (κ2) is 5.62. The third-order valence-electron chi connectivity index (χ3n) is 4.74. The van der Waals surface area contributed by atoms with Gasteiger partial charge in [0.2, 0.25) is 0 Å². The van der Waals surface area contributed by atoms with Crippen molar-refractivity contribution in [2.75, 3.05) is 27.3 Å². The monoisotopic (exact) mass is 277 g/mol. The van der Waals surface area contributed by atoms with Crippen LogP contribution in [-0.2, 0) is 0 Å². The molecule has 2 fully saturated rings. The molecule has 0 amide bonds. The molecule has 2 aliphatic heterocycles. The number of rotatable bonds is 4. The lowest BCUT2D eigenvalue weighted by Crippen LogP contribution is -2.23. The fraction of sp³-hybridized carbons (Fsp3) is 0.625. The first-order valence-electron chi connectivity index (χ1n) is 7.37. The van der Waals surface area contributed by atoms with Gasteiger partial charge in [-0.25, -0.2) is 0 Å². The zero-order chi connectivity index (χ0) is 14.1. The smallest absolute Gasteiger partial charge is 0.166 e. The van der Waals surface area contributed by atoms with Gasteiger partial charge in [-0.3, -0.25) is 4.90 Å². The molecule has 0 radical (unpaired) electrons. The first kappa shape index (κ1) is 13.7. The number of ether oxygens (including phenoxy) is 2. The van der Waals surface area contributed by atoms with E-state index < -0.39 is 6.10 Å². The van der Waals surface area contributed by atoms with E-state index >= 15 is 0 Å². The van der Waals surface area contributed by atoms with E-state index in [1.165, 1.54) is 19.4 Å². The molecule has 3 rings (SSSR count). The summed E-state index contributed by atoms with van der Waals surface area (Å²) in [5.41, 5.74) is 0.845. The Labute approximate surface area is 120 Å². The first-order chi connectivity index (χ1) is 9.74. The van der Waals surface area contributed by atoms with Crippen LogP contribution in [0.15, 0.2) is 18.2 Å². The molecule has 0 saturated carbocycles. The van der Waals surface area contributed by atoms with E-state index in [1.807, 2.05) is 18.2 Å². The average molecular weight is 277 g/mol. The molecule has 2 aliphatic rings. The number of benzene rings is 1. The Kier molecular flexibility index (Phi) is 3.85. The average Bonchev–Trinajstić information content (AvgIpc) is 3.06. The highest BCUT2D eigenvalue weighted by Crippen LogP contribution is 2.42. The fourth-order valence-corrected chi connectivity index (χ4v) is 3.76. The van der Waals surface area contributed by atoms with Crippen molar-refractivity contribution < 1.29 is 14.6 Å². The Morgan fingerprint density at radius 1 is 1.30 bits per heavy atom. The zero-order valence-electron chi connectivity index (χ0n) is 12.2. The summed E-state index contributed by atoms with van der Waals surface area (Å²) in [5, 5.41) is 10.7. The summed E-state index contributed by atoms with van der Waals surface area (Å²) in [5.74, 6) is 1.64. The van der Waals surface area contributed by atoms with Crippen LogP contribution in [0.25, 0.3) is 0 Å². The summed E-state index contributed by atoms with van der Waals surface area (Å²) in [6, 6.07) is 6.39. The van der Waals surface area contributed by atoms with E-state index in [4.69, 9.17) is 9.47 Å². The molecule has 1 N–H and O–H groups in total. The molecular weight excluding hydrogens is 254 g/mol. The van der Waals surface area contributed by atoms with Crippen molar-refractivity contribution >= 4 is 0 Å². The van der Waals surface area contributed by atoms with E-state index in [2.05, 4.69) is 4.90 Å². The van der Waals surface area contributed by atoms with Gasteiger partial charge in [-0.2, -0.15) is 0 Å². The minimum atomic E-state index is -0.481. The van der Waals surface area contributed by atoms with Crippen LogP contribution in [0, 0.1) is 5.92 Å². The number of aliphatic hydroxyl groups excluding tert-OH is 1. The SMILES string of the molecule is COc1cccc(C(O)C2CC3CCCN3C2)c1OC. The molecular formula is C16H23NO3. The van der Waals surface area contributed by atoms with Crippen LogP contribution in [0.3, 0.4) is 0 Å². The quantitative estimate of drug-likeness (QED) is 0.916. The fourth-order valence-electron chi connectivity index (χ4n) is 3.76. The Balaban J connectivity index is 1.82. The van der Waals surface area contributed by atoms with E-state index in [0.717, 1.165) is 18.5 Å². The number of para-hydroxylation sites is 1. The Hall–Kier alpha value is -1.26. The van der Waals surface area contributed by atoms with Crippen LogP contribution in [0.2, 0.25) is 0 Å². The van der Waals surface area contributed by atoms with Crippen molar-refractivity contribution in [2.45, 2.75) is 31.4 Å².